The zero-order chi connectivity index (χ0) is 10.3. The fourth-order valence-electron chi connectivity index (χ4n) is 1.31. The van der Waals surface area contributed by atoms with Crippen molar-refractivity contribution in [2.45, 2.75) is 20.8 Å². The lowest BCUT2D eigenvalue weighted by Crippen LogP contribution is -1.99. The van der Waals surface area contributed by atoms with Crippen LogP contribution in [0.4, 0.5) is 0 Å². The number of rotatable bonds is 1. The third kappa shape index (κ3) is 1.19. The van der Waals surface area contributed by atoms with E-state index in [-0.39, 0.29) is 5.78 Å². The number of nitrogens with zero attached hydrogens (tertiary/aromatic N) is 3. The maximum Gasteiger partial charge on any atom is 0.180 e. The number of aromatic nitrogens is 3. The molecule has 4 heteroatoms. The van der Waals surface area contributed by atoms with Gasteiger partial charge in [0.25, 0.3) is 0 Å². The van der Waals surface area contributed by atoms with Crippen LogP contribution in [0.2, 0.25) is 0 Å². The summed E-state index contributed by atoms with van der Waals surface area (Å²) in [6, 6.07) is 1.70. The Hall–Kier alpha value is -1.71. The van der Waals surface area contributed by atoms with Gasteiger partial charge in [0.1, 0.15) is 5.69 Å². The summed E-state index contributed by atoms with van der Waals surface area (Å²) in [7, 11) is 0. The third-order valence-corrected chi connectivity index (χ3v) is 2.33. The highest BCUT2D eigenvalue weighted by molar-refractivity contribution is 5.93. The monoisotopic (exact) mass is 189 g/mol. The predicted octanol–water partition coefficient (Wildman–Crippen LogP) is 1.55. The van der Waals surface area contributed by atoms with E-state index in [9.17, 15) is 4.79 Å². The normalized spacial score (nSPS) is 10.8. The Morgan fingerprint density at radius 1 is 1.43 bits per heavy atom. The Bertz CT molecular complexity index is 513. The number of Topliss-reactive ketones (excluding diaryl/α,β-unsaturated/α-hetero) is 1. The zero-order valence-electron chi connectivity index (χ0n) is 8.40. The molecule has 14 heavy (non-hydrogen) atoms. The molecule has 0 aliphatic heterocycles. The third-order valence-electron chi connectivity index (χ3n) is 2.33. The largest absolute Gasteiger partial charge is 0.293 e. The molecule has 0 radical (unpaired) electrons. The van der Waals surface area contributed by atoms with E-state index < -0.39 is 0 Å². The summed E-state index contributed by atoms with van der Waals surface area (Å²) in [5.74, 6) is -0.0347. The van der Waals surface area contributed by atoms with Gasteiger partial charge < -0.3 is 0 Å². The molecule has 0 aromatic carbocycles. The topological polar surface area (TPSA) is 47.3 Å². The maximum atomic E-state index is 11.1. The highest BCUT2D eigenvalue weighted by atomic mass is 16.1. The smallest absolute Gasteiger partial charge is 0.180 e. The number of carbonyl (C=O) groups is 1. The molecule has 0 atom stereocenters. The van der Waals surface area contributed by atoms with E-state index in [0.29, 0.717) is 5.69 Å². The molecule has 72 valence electrons. The van der Waals surface area contributed by atoms with Gasteiger partial charge in [-0.05, 0) is 19.4 Å². The molecule has 0 spiro atoms. The van der Waals surface area contributed by atoms with Crippen LogP contribution >= 0.6 is 0 Å². The lowest BCUT2D eigenvalue weighted by atomic mass is 10.3. The summed E-state index contributed by atoms with van der Waals surface area (Å²) >= 11 is 0. The molecule has 0 aliphatic rings. The Labute approximate surface area is 81.6 Å². The van der Waals surface area contributed by atoms with Gasteiger partial charge in [0.2, 0.25) is 0 Å². The standard InChI is InChI=1S/C10H11N3O/c1-6-5-11-10-4-9(8(3)14)12-13(10)7(6)2/h4-5H,1-3H3. The minimum atomic E-state index is -0.0347. The maximum absolute atomic E-state index is 11.1. The van der Waals surface area contributed by atoms with E-state index in [1.54, 1.807) is 16.8 Å². The SMILES string of the molecule is CC(=O)c1cc2ncc(C)c(C)n2n1. The van der Waals surface area contributed by atoms with Crippen molar-refractivity contribution in [3.05, 3.63) is 29.2 Å². The van der Waals surface area contributed by atoms with Crippen LogP contribution in [0.15, 0.2) is 12.3 Å². The molecule has 0 saturated carbocycles. The minimum Gasteiger partial charge on any atom is -0.293 e. The fourth-order valence-corrected chi connectivity index (χ4v) is 1.31. The second kappa shape index (κ2) is 2.90. The van der Waals surface area contributed by atoms with Crippen molar-refractivity contribution >= 4 is 11.4 Å². The van der Waals surface area contributed by atoms with Crippen molar-refractivity contribution in [1.29, 1.82) is 0 Å². The first kappa shape index (κ1) is 8.87. The number of aryl methyl sites for hydroxylation is 2. The second-order valence-electron chi connectivity index (χ2n) is 3.38. The second-order valence-corrected chi connectivity index (χ2v) is 3.38. The van der Waals surface area contributed by atoms with Crippen LogP contribution in [0.3, 0.4) is 0 Å². The van der Waals surface area contributed by atoms with Crippen molar-refractivity contribution in [3.8, 4) is 0 Å². The Balaban J connectivity index is 2.77. The Morgan fingerprint density at radius 3 is 2.79 bits per heavy atom. The quantitative estimate of drug-likeness (QED) is 0.639. The van der Waals surface area contributed by atoms with Crippen LogP contribution in [-0.4, -0.2) is 20.4 Å². The predicted molar refractivity (Wildman–Crippen MR) is 52.5 cm³/mol. The molecule has 0 fully saturated rings. The number of ketones is 1. The van der Waals surface area contributed by atoms with Gasteiger partial charge in [0.15, 0.2) is 11.4 Å². The Morgan fingerprint density at radius 2 is 2.14 bits per heavy atom. The lowest BCUT2D eigenvalue weighted by Gasteiger charge is -2.00. The highest BCUT2D eigenvalue weighted by Crippen LogP contribution is 2.10. The van der Waals surface area contributed by atoms with E-state index >= 15 is 0 Å². The summed E-state index contributed by atoms with van der Waals surface area (Å²) in [4.78, 5) is 15.3. The molecule has 0 saturated heterocycles. The number of hydrogen-bond acceptors (Lipinski definition) is 3. The molecule has 2 aromatic rings. The van der Waals surface area contributed by atoms with Gasteiger partial charge in [0.05, 0.1) is 0 Å². The van der Waals surface area contributed by atoms with Crippen LogP contribution in [0.1, 0.15) is 28.7 Å². The summed E-state index contributed by atoms with van der Waals surface area (Å²) in [6.07, 6.45) is 1.79. The summed E-state index contributed by atoms with van der Waals surface area (Å²) in [6.45, 7) is 5.43. The van der Waals surface area contributed by atoms with Gasteiger partial charge in [-0.3, -0.25) is 4.79 Å². The van der Waals surface area contributed by atoms with Gasteiger partial charge >= 0.3 is 0 Å². The lowest BCUT2D eigenvalue weighted by molar-refractivity contribution is 0.101. The van der Waals surface area contributed by atoms with Crippen LogP contribution < -0.4 is 0 Å². The number of carbonyl (C=O) groups excluding carboxylic acids is 1. The first-order valence-corrected chi connectivity index (χ1v) is 4.42. The van der Waals surface area contributed by atoms with Crippen LogP contribution in [0.5, 0.6) is 0 Å². The molecule has 0 amide bonds. The van der Waals surface area contributed by atoms with E-state index in [2.05, 4.69) is 10.1 Å². The van der Waals surface area contributed by atoms with Gasteiger partial charge in [-0.15, -0.1) is 0 Å². The molecule has 2 heterocycles. The van der Waals surface area contributed by atoms with E-state index in [0.717, 1.165) is 16.9 Å². The Kier molecular flexibility index (Phi) is 1.84. The van der Waals surface area contributed by atoms with Crippen LogP contribution in [0.25, 0.3) is 5.65 Å². The van der Waals surface area contributed by atoms with Crippen molar-refractivity contribution < 1.29 is 4.79 Å². The van der Waals surface area contributed by atoms with Crippen molar-refractivity contribution in [2.75, 3.05) is 0 Å². The molecular weight excluding hydrogens is 178 g/mol. The van der Waals surface area contributed by atoms with Gasteiger partial charge in [-0.2, -0.15) is 5.10 Å². The first-order chi connectivity index (χ1) is 6.59. The van der Waals surface area contributed by atoms with Gasteiger partial charge in [-0.1, -0.05) is 0 Å². The molecule has 2 rings (SSSR count). The summed E-state index contributed by atoms with van der Waals surface area (Å²) in [5, 5.41) is 4.18. The van der Waals surface area contributed by atoms with Gasteiger partial charge in [0, 0.05) is 24.9 Å². The molecule has 4 nitrogen and oxygen atoms in total. The average molecular weight is 189 g/mol. The van der Waals surface area contributed by atoms with E-state index in [1.807, 2.05) is 13.8 Å². The zero-order valence-corrected chi connectivity index (χ0v) is 8.40. The molecule has 0 aliphatic carbocycles. The van der Waals surface area contributed by atoms with Crippen LogP contribution in [0, 0.1) is 13.8 Å². The van der Waals surface area contributed by atoms with Crippen LogP contribution in [-0.2, 0) is 0 Å². The minimum absolute atomic E-state index is 0.0347. The van der Waals surface area contributed by atoms with Crippen molar-refractivity contribution in [1.82, 2.24) is 14.6 Å². The number of hydrogen-bond donors (Lipinski definition) is 0. The van der Waals surface area contributed by atoms with Crippen molar-refractivity contribution in [3.63, 3.8) is 0 Å². The average Bonchev–Trinajstić information content (AvgIpc) is 2.56. The summed E-state index contributed by atoms with van der Waals surface area (Å²) < 4.78 is 1.70. The summed E-state index contributed by atoms with van der Waals surface area (Å²) in [5.41, 5.74) is 3.27. The fraction of sp³-hybridized carbons (Fsp3) is 0.300. The molecule has 2 aromatic heterocycles. The first-order valence-electron chi connectivity index (χ1n) is 4.42. The van der Waals surface area contributed by atoms with E-state index in [1.165, 1.54) is 6.92 Å². The van der Waals surface area contributed by atoms with Gasteiger partial charge in [-0.25, -0.2) is 9.50 Å². The number of fused-ring (bicyclic) bond motifs is 1. The van der Waals surface area contributed by atoms with E-state index in [4.69, 9.17) is 0 Å². The molecule has 0 unspecified atom stereocenters. The van der Waals surface area contributed by atoms with Crippen molar-refractivity contribution in [2.24, 2.45) is 0 Å². The molecule has 0 N–H and O–H groups in total. The molecular formula is C10H11N3O. The molecule has 0 bridgehead atoms. The highest BCUT2D eigenvalue weighted by Gasteiger charge is 2.08.